The largest absolute Gasteiger partial charge is 0.354 e. The van der Waals surface area contributed by atoms with Crippen LogP contribution in [0.15, 0.2) is 18.5 Å². The summed E-state index contributed by atoms with van der Waals surface area (Å²) in [6.45, 7) is 3.43. The monoisotopic (exact) mass is 220 g/mol. The fourth-order valence-corrected chi connectivity index (χ4v) is 2.43. The van der Waals surface area contributed by atoms with Gasteiger partial charge in [-0.15, -0.1) is 0 Å². The maximum Gasteiger partial charge on any atom is 0.0361 e. The summed E-state index contributed by atoms with van der Waals surface area (Å²) >= 11 is 0. The molecule has 1 aromatic rings. The summed E-state index contributed by atoms with van der Waals surface area (Å²) in [7, 11) is 2.08. The molecule has 1 N–H and O–H groups in total. The van der Waals surface area contributed by atoms with E-state index < -0.39 is 0 Å². The van der Waals surface area contributed by atoms with Crippen LogP contribution in [0.2, 0.25) is 0 Å². The van der Waals surface area contributed by atoms with Crippen LogP contribution in [-0.4, -0.2) is 11.6 Å². The molecule has 0 spiro atoms. The van der Waals surface area contributed by atoms with Crippen molar-refractivity contribution in [3.05, 3.63) is 24.0 Å². The summed E-state index contributed by atoms with van der Waals surface area (Å²) < 4.78 is 2.34. The average molecular weight is 220 g/mol. The minimum absolute atomic E-state index is 0.590. The molecule has 1 fully saturated rings. The van der Waals surface area contributed by atoms with Crippen LogP contribution in [0.3, 0.4) is 0 Å². The highest BCUT2D eigenvalue weighted by Crippen LogP contribution is 2.40. The number of hydrogen-bond donors (Lipinski definition) is 1. The summed E-state index contributed by atoms with van der Waals surface area (Å²) in [6, 6.07) is 2.87. The molecule has 2 heteroatoms. The molecule has 16 heavy (non-hydrogen) atoms. The predicted octanol–water partition coefficient (Wildman–Crippen LogP) is 3.35. The maximum absolute atomic E-state index is 3.45. The Bertz CT molecular complexity index is 312. The van der Waals surface area contributed by atoms with Crippen molar-refractivity contribution in [2.45, 2.75) is 51.6 Å². The van der Waals surface area contributed by atoms with Crippen LogP contribution in [0.4, 0.5) is 0 Å². The van der Waals surface area contributed by atoms with E-state index >= 15 is 0 Å². The van der Waals surface area contributed by atoms with Crippen molar-refractivity contribution in [1.82, 2.24) is 9.88 Å². The number of nitrogens with zero attached hydrogens (tertiary/aromatic N) is 1. The molecule has 1 saturated carbocycles. The Labute approximate surface area is 99.0 Å². The molecule has 1 aliphatic carbocycles. The van der Waals surface area contributed by atoms with Crippen molar-refractivity contribution in [1.29, 1.82) is 0 Å². The first kappa shape index (κ1) is 11.7. The number of aromatic nitrogens is 1. The average Bonchev–Trinajstić information content (AvgIpc) is 3.01. The van der Waals surface area contributed by atoms with E-state index in [-0.39, 0.29) is 0 Å². The topological polar surface area (TPSA) is 17.0 Å². The van der Waals surface area contributed by atoms with E-state index in [9.17, 15) is 0 Å². The minimum atomic E-state index is 0.590. The van der Waals surface area contributed by atoms with Gasteiger partial charge < -0.3 is 9.88 Å². The van der Waals surface area contributed by atoms with Gasteiger partial charge in [-0.1, -0.05) is 19.8 Å². The van der Waals surface area contributed by atoms with E-state index in [1.165, 1.54) is 44.2 Å². The molecule has 2 rings (SSSR count). The van der Waals surface area contributed by atoms with Crippen molar-refractivity contribution >= 4 is 0 Å². The van der Waals surface area contributed by atoms with Crippen molar-refractivity contribution < 1.29 is 0 Å². The molecule has 1 atom stereocenters. The van der Waals surface area contributed by atoms with Crippen LogP contribution in [0.25, 0.3) is 0 Å². The van der Waals surface area contributed by atoms with Crippen molar-refractivity contribution in [3.63, 3.8) is 0 Å². The van der Waals surface area contributed by atoms with Gasteiger partial charge in [0.25, 0.3) is 0 Å². The third-order valence-electron chi connectivity index (χ3n) is 3.56. The third kappa shape index (κ3) is 2.88. The SMILES string of the molecule is CCCCCn1ccc(C(NC)C2CC2)c1. The zero-order valence-electron chi connectivity index (χ0n) is 10.6. The first-order chi connectivity index (χ1) is 7.85. The fourth-order valence-electron chi connectivity index (χ4n) is 2.43. The minimum Gasteiger partial charge on any atom is -0.354 e. The molecule has 0 aliphatic heterocycles. The molecule has 0 amide bonds. The predicted molar refractivity (Wildman–Crippen MR) is 68.5 cm³/mol. The number of unbranched alkanes of at least 4 members (excludes halogenated alkanes) is 2. The second-order valence-corrected chi connectivity index (χ2v) is 4.99. The smallest absolute Gasteiger partial charge is 0.0361 e. The lowest BCUT2D eigenvalue weighted by Crippen LogP contribution is -2.17. The van der Waals surface area contributed by atoms with Gasteiger partial charge in [-0.2, -0.15) is 0 Å². The Kier molecular flexibility index (Phi) is 4.05. The first-order valence-corrected chi connectivity index (χ1v) is 6.68. The number of rotatable bonds is 7. The van der Waals surface area contributed by atoms with Crippen LogP contribution >= 0.6 is 0 Å². The van der Waals surface area contributed by atoms with Crippen LogP contribution in [0, 0.1) is 5.92 Å². The highest BCUT2D eigenvalue weighted by atomic mass is 15.0. The van der Waals surface area contributed by atoms with Crippen molar-refractivity contribution in [3.8, 4) is 0 Å². The fraction of sp³-hybridized carbons (Fsp3) is 0.714. The zero-order valence-corrected chi connectivity index (χ0v) is 10.6. The normalized spacial score (nSPS) is 17.6. The molecular formula is C14H24N2. The van der Waals surface area contributed by atoms with Gasteiger partial charge in [-0.3, -0.25) is 0 Å². The van der Waals surface area contributed by atoms with Gasteiger partial charge in [0, 0.05) is 25.0 Å². The number of hydrogen-bond acceptors (Lipinski definition) is 1. The Morgan fingerprint density at radius 1 is 1.44 bits per heavy atom. The standard InChI is InChI=1S/C14H24N2/c1-3-4-5-9-16-10-8-13(11-16)14(15-2)12-6-7-12/h8,10-12,14-15H,3-7,9H2,1-2H3. The Hall–Kier alpha value is -0.760. The number of aryl methyl sites for hydroxylation is 1. The summed E-state index contributed by atoms with van der Waals surface area (Å²) in [6.07, 6.45) is 11.3. The van der Waals surface area contributed by atoms with Gasteiger partial charge in [0.05, 0.1) is 0 Å². The second-order valence-electron chi connectivity index (χ2n) is 4.99. The van der Waals surface area contributed by atoms with Gasteiger partial charge in [-0.25, -0.2) is 0 Å². The zero-order chi connectivity index (χ0) is 11.4. The molecule has 0 aromatic carbocycles. The van der Waals surface area contributed by atoms with E-state index in [2.05, 4.69) is 42.3 Å². The molecule has 0 radical (unpaired) electrons. The summed E-state index contributed by atoms with van der Waals surface area (Å²) in [5, 5.41) is 3.45. The Morgan fingerprint density at radius 3 is 2.88 bits per heavy atom. The molecule has 1 aromatic heterocycles. The van der Waals surface area contributed by atoms with E-state index in [1.807, 2.05) is 0 Å². The van der Waals surface area contributed by atoms with Crippen LogP contribution < -0.4 is 5.32 Å². The third-order valence-corrected chi connectivity index (χ3v) is 3.56. The Balaban J connectivity index is 1.90. The Morgan fingerprint density at radius 2 is 2.25 bits per heavy atom. The lowest BCUT2D eigenvalue weighted by molar-refractivity contribution is 0.525. The van der Waals surface area contributed by atoms with Gasteiger partial charge in [0.1, 0.15) is 0 Å². The van der Waals surface area contributed by atoms with Crippen LogP contribution in [-0.2, 0) is 6.54 Å². The maximum atomic E-state index is 3.45. The van der Waals surface area contributed by atoms with Gasteiger partial charge >= 0.3 is 0 Å². The lowest BCUT2D eigenvalue weighted by Gasteiger charge is -2.13. The van der Waals surface area contributed by atoms with E-state index in [0.29, 0.717) is 6.04 Å². The summed E-state index contributed by atoms with van der Waals surface area (Å²) in [4.78, 5) is 0. The van der Waals surface area contributed by atoms with Crippen molar-refractivity contribution in [2.24, 2.45) is 5.92 Å². The highest BCUT2D eigenvalue weighted by molar-refractivity contribution is 5.18. The van der Waals surface area contributed by atoms with Crippen LogP contribution in [0.5, 0.6) is 0 Å². The van der Waals surface area contributed by atoms with E-state index in [4.69, 9.17) is 0 Å². The van der Waals surface area contributed by atoms with Gasteiger partial charge in [0.15, 0.2) is 0 Å². The summed E-state index contributed by atoms with van der Waals surface area (Å²) in [5.74, 6) is 0.886. The molecule has 1 aliphatic rings. The number of nitrogens with one attached hydrogen (secondary N) is 1. The molecule has 2 nitrogen and oxygen atoms in total. The summed E-state index contributed by atoms with van der Waals surface area (Å²) in [5.41, 5.74) is 1.47. The van der Waals surface area contributed by atoms with Crippen LogP contribution in [0.1, 0.15) is 50.6 Å². The molecular weight excluding hydrogens is 196 g/mol. The van der Waals surface area contributed by atoms with Gasteiger partial charge in [-0.05, 0) is 43.9 Å². The van der Waals surface area contributed by atoms with Gasteiger partial charge in [0.2, 0.25) is 0 Å². The van der Waals surface area contributed by atoms with E-state index in [0.717, 1.165) is 5.92 Å². The first-order valence-electron chi connectivity index (χ1n) is 6.68. The lowest BCUT2D eigenvalue weighted by atomic mass is 10.1. The highest BCUT2D eigenvalue weighted by Gasteiger charge is 2.31. The molecule has 0 saturated heterocycles. The second kappa shape index (κ2) is 5.53. The van der Waals surface area contributed by atoms with E-state index in [1.54, 1.807) is 0 Å². The quantitative estimate of drug-likeness (QED) is 0.697. The molecule has 1 unspecified atom stereocenters. The molecule has 1 heterocycles. The van der Waals surface area contributed by atoms with Crippen molar-refractivity contribution in [2.75, 3.05) is 7.05 Å². The molecule has 0 bridgehead atoms. The molecule has 90 valence electrons.